The first kappa shape index (κ1) is 15.0. The van der Waals surface area contributed by atoms with Gasteiger partial charge in [-0.15, -0.1) is 0 Å². The highest BCUT2D eigenvalue weighted by Gasteiger charge is 2.28. The summed E-state index contributed by atoms with van der Waals surface area (Å²) in [5.74, 6) is 1.36. The second kappa shape index (κ2) is 8.96. The van der Waals surface area contributed by atoms with E-state index in [9.17, 15) is 4.79 Å². The molecule has 0 saturated heterocycles. The van der Waals surface area contributed by atoms with E-state index in [4.69, 9.17) is 4.74 Å². The molecule has 1 aliphatic rings. The summed E-state index contributed by atoms with van der Waals surface area (Å²) in [6.45, 7) is 4.50. The van der Waals surface area contributed by atoms with Crippen molar-refractivity contribution >= 4 is 5.97 Å². The third kappa shape index (κ3) is 6.63. The quantitative estimate of drug-likeness (QED) is 0.264. The van der Waals surface area contributed by atoms with Crippen molar-refractivity contribution in [3.05, 3.63) is 24.3 Å². The first-order chi connectivity index (χ1) is 8.77. The van der Waals surface area contributed by atoms with E-state index in [1.165, 1.54) is 44.6 Å². The molecule has 18 heavy (non-hydrogen) atoms. The molecule has 0 aromatic carbocycles. The molecule has 2 heteroatoms. The second-order valence-electron chi connectivity index (χ2n) is 4.99. The number of ether oxygens (including phenoxy) is 1. The molecule has 0 spiro atoms. The number of carbonyl (C=O) groups excluding carboxylic acids is 1. The number of unbranched alkanes of at least 4 members (excludes halogenated alkanes) is 2. The monoisotopic (exact) mass is 250 g/mol. The number of hydrogen-bond acceptors (Lipinski definition) is 2. The Morgan fingerprint density at radius 2 is 2.06 bits per heavy atom. The molecule has 0 heterocycles. The van der Waals surface area contributed by atoms with Crippen molar-refractivity contribution in [3.63, 3.8) is 0 Å². The van der Waals surface area contributed by atoms with E-state index in [0.29, 0.717) is 12.5 Å². The second-order valence-corrected chi connectivity index (χ2v) is 4.99. The zero-order valence-electron chi connectivity index (χ0n) is 11.7. The molecule has 2 nitrogen and oxygen atoms in total. The van der Waals surface area contributed by atoms with Crippen LogP contribution >= 0.6 is 0 Å². The summed E-state index contributed by atoms with van der Waals surface area (Å²) < 4.78 is 4.83. The first-order valence-corrected chi connectivity index (χ1v) is 7.29. The topological polar surface area (TPSA) is 26.3 Å². The van der Waals surface area contributed by atoms with Crippen LogP contribution in [0.15, 0.2) is 24.3 Å². The van der Waals surface area contributed by atoms with E-state index >= 15 is 0 Å². The van der Waals surface area contributed by atoms with E-state index in [2.05, 4.69) is 13.0 Å². The summed E-state index contributed by atoms with van der Waals surface area (Å²) in [7, 11) is 0. The normalized spacial score (nSPS) is 17.4. The van der Waals surface area contributed by atoms with Gasteiger partial charge in [0.1, 0.15) is 0 Å². The molecule has 1 fully saturated rings. The molecule has 0 aromatic heterocycles. The number of hydrogen-bond donors (Lipinski definition) is 0. The van der Waals surface area contributed by atoms with Crippen LogP contribution in [0.4, 0.5) is 0 Å². The van der Waals surface area contributed by atoms with Gasteiger partial charge in [-0.2, -0.15) is 0 Å². The van der Waals surface area contributed by atoms with Gasteiger partial charge in [-0.25, -0.2) is 4.79 Å². The van der Waals surface area contributed by atoms with E-state index in [1.807, 2.05) is 13.0 Å². The fraction of sp³-hybridized carbons (Fsp3) is 0.688. The van der Waals surface area contributed by atoms with Crippen LogP contribution < -0.4 is 0 Å². The number of carbonyl (C=O) groups is 1. The third-order valence-corrected chi connectivity index (χ3v) is 3.36. The molecular weight excluding hydrogens is 224 g/mol. The Bertz CT molecular complexity index is 287. The van der Waals surface area contributed by atoms with Gasteiger partial charge in [-0.1, -0.05) is 44.4 Å². The minimum absolute atomic E-state index is 0.254. The number of rotatable bonds is 9. The molecule has 0 radical (unpaired) electrons. The van der Waals surface area contributed by atoms with E-state index < -0.39 is 0 Å². The Morgan fingerprint density at radius 1 is 1.28 bits per heavy atom. The highest BCUT2D eigenvalue weighted by molar-refractivity contribution is 5.82. The molecule has 1 rings (SSSR count). The molecule has 102 valence electrons. The minimum Gasteiger partial charge on any atom is -0.463 e. The van der Waals surface area contributed by atoms with Crippen LogP contribution in [0.1, 0.15) is 52.4 Å². The van der Waals surface area contributed by atoms with Crippen LogP contribution in [0, 0.1) is 11.8 Å². The fourth-order valence-electron chi connectivity index (χ4n) is 2.17. The zero-order valence-corrected chi connectivity index (χ0v) is 11.7. The zero-order chi connectivity index (χ0) is 13.2. The van der Waals surface area contributed by atoms with E-state index in [0.717, 1.165) is 5.92 Å². The standard InChI is InChI=1S/C16H26O2/c1-3-5-6-9-14(15-12-13-15)10-7-8-11-16(17)18-4-2/h7-8,10-11,14-15H,3-6,9,12-13H2,1-2H3/b10-7+,11-8-. The van der Waals surface area contributed by atoms with Crippen LogP contribution in [-0.4, -0.2) is 12.6 Å². The summed E-state index contributed by atoms with van der Waals surface area (Å²) in [6.07, 6.45) is 15.6. The van der Waals surface area contributed by atoms with Crippen molar-refractivity contribution in [3.8, 4) is 0 Å². The van der Waals surface area contributed by atoms with Crippen molar-refractivity contribution in [2.24, 2.45) is 11.8 Å². The SMILES string of the molecule is CCCCCC(/C=C/C=C\C(=O)OCC)C1CC1. The summed E-state index contributed by atoms with van der Waals surface area (Å²) >= 11 is 0. The van der Waals surface area contributed by atoms with Gasteiger partial charge >= 0.3 is 5.97 Å². The maximum absolute atomic E-state index is 11.1. The van der Waals surface area contributed by atoms with Crippen LogP contribution in [0.3, 0.4) is 0 Å². The van der Waals surface area contributed by atoms with Gasteiger partial charge in [-0.3, -0.25) is 0 Å². The average molecular weight is 250 g/mol. The largest absolute Gasteiger partial charge is 0.463 e. The highest BCUT2D eigenvalue weighted by atomic mass is 16.5. The Morgan fingerprint density at radius 3 is 2.67 bits per heavy atom. The lowest BCUT2D eigenvalue weighted by molar-refractivity contribution is -0.137. The molecule has 1 saturated carbocycles. The van der Waals surface area contributed by atoms with Crippen LogP contribution in [0.5, 0.6) is 0 Å². The number of allylic oxidation sites excluding steroid dienone is 3. The molecule has 1 atom stereocenters. The summed E-state index contributed by atoms with van der Waals surface area (Å²) in [5.41, 5.74) is 0. The maximum atomic E-state index is 11.1. The molecule has 0 bridgehead atoms. The molecule has 0 amide bonds. The molecule has 1 unspecified atom stereocenters. The van der Waals surface area contributed by atoms with Gasteiger partial charge in [0.2, 0.25) is 0 Å². The average Bonchev–Trinajstić information content (AvgIpc) is 3.17. The Balaban J connectivity index is 2.29. The lowest BCUT2D eigenvalue weighted by Gasteiger charge is -2.10. The first-order valence-electron chi connectivity index (χ1n) is 7.29. The van der Waals surface area contributed by atoms with E-state index in [-0.39, 0.29) is 5.97 Å². The highest BCUT2D eigenvalue weighted by Crippen LogP contribution is 2.40. The van der Waals surface area contributed by atoms with Crippen LogP contribution in [-0.2, 0) is 9.53 Å². The van der Waals surface area contributed by atoms with Gasteiger partial charge in [-0.05, 0) is 38.0 Å². The molecule has 0 aromatic rings. The molecule has 1 aliphatic carbocycles. The van der Waals surface area contributed by atoms with Crippen LogP contribution in [0.2, 0.25) is 0 Å². The Hall–Kier alpha value is -1.05. The van der Waals surface area contributed by atoms with Gasteiger partial charge in [0, 0.05) is 6.08 Å². The third-order valence-electron chi connectivity index (χ3n) is 3.36. The van der Waals surface area contributed by atoms with Gasteiger partial charge < -0.3 is 4.74 Å². The lowest BCUT2D eigenvalue weighted by atomic mass is 9.96. The van der Waals surface area contributed by atoms with Crippen molar-refractivity contribution in [1.29, 1.82) is 0 Å². The predicted molar refractivity (Wildman–Crippen MR) is 75.3 cm³/mol. The Labute approximate surface area is 111 Å². The number of esters is 1. The molecular formula is C16H26O2. The van der Waals surface area contributed by atoms with Crippen molar-refractivity contribution in [2.45, 2.75) is 52.4 Å². The van der Waals surface area contributed by atoms with Crippen molar-refractivity contribution in [1.82, 2.24) is 0 Å². The molecule has 0 N–H and O–H groups in total. The fourth-order valence-corrected chi connectivity index (χ4v) is 2.17. The van der Waals surface area contributed by atoms with Crippen molar-refractivity contribution < 1.29 is 9.53 Å². The smallest absolute Gasteiger partial charge is 0.330 e. The summed E-state index contributed by atoms with van der Waals surface area (Å²) in [6, 6.07) is 0. The van der Waals surface area contributed by atoms with Crippen molar-refractivity contribution in [2.75, 3.05) is 6.61 Å². The minimum atomic E-state index is -0.254. The van der Waals surface area contributed by atoms with Gasteiger partial charge in [0.05, 0.1) is 6.61 Å². The maximum Gasteiger partial charge on any atom is 0.330 e. The summed E-state index contributed by atoms with van der Waals surface area (Å²) in [4.78, 5) is 11.1. The molecule has 0 aliphatic heterocycles. The Kier molecular flexibility index (Phi) is 7.47. The van der Waals surface area contributed by atoms with Gasteiger partial charge in [0.25, 0.3) is 0 Å². The van der Waals surface area contributed by atoms with Gasteiger partial charge in [0.15, 0.2) is 0 Å². The predicted octanol–water partition coefficient (Wildman–Crippen LogP) is 4.27. The lowest BCUT2D eigenvalue weighted by Crippen LogP contribution is -1.99. The summed E-state index contributed by atoms with van der Waals surface area (Å²) in [5, 5.41) is 0. The van der Waals surface area contributed by atoms with Crippen LogP contribution in [0.25, 0.3) is 0 Å². The van der Waals surface area contributed by atoms with E-state index in [1.54, 1.807) is 6.08 Å².